The van der Waals surface area contributed by atoms with Crippen molar-refractivity contribution in [3.8, 4) is 11.5 Å². The average Bonchev–Trinajstić information content (AvgIpc) is 3.57. The van der Waals surface area contributed by atoms with Crippen LogP contribution in [-0.4, -0.2) is 47.5 Å². The molecule has 3 aromatic carbocycles. The lowest BCUT2D eigenvalue weighted by Crippen LogP contribution is -2.47. The highest BCUT2D eigenvalue weighted by atomic mass is 16.7. The van der Waals surface area contributed by atoms with Crippen molar-refractivity contribution in [3.63, 3.8) is 0 Å². The second-order valence-corrected chi connectivity index (χ2v) is 10.1. The molecule has 2 saturated heterocycles. The molecule has 6 heteroatoms. The summed E-state index contributed by atoms with van der Waals surface area (Å²) in [5.74, 6) is 1.12. The summed E-state index contributed by atoms with van der Waals surface area (Å²) in [6.07, 6.45) is 4.05. The Balaban J connectivity index is 1.32. The van der Waals surface area contributed by atoms with Gasteiger partial charge in [-0.05, 0) is 48.4 Å². The average molecular weight is 511 g/mol. The lowest BCUT2D eigenvalue weighted by atomic mass is 9.87. The molecule has 2 aliphatic rings. The van der Waals surface area contributed by atoms with E-state index in [4.69, 9.17) is 14.2 Å². The maximum atomic E-state index is 13.8. The van der Waals surface area contributed by atoms with Gasteiger partial charge in [-0.3, -0.25) is 4.79 Å². The maximum Gasteiger partial charge on any atom is 0.223 e. The van der Waals surface area contributed by atoms with E-state index in [-0.39, 0.29) is 11.8 Å². The third-order valence-corrected chi connectivity index (χ3v) is 7.85. The molecule has 0 aliphatic carbocycles. The summed E-state index contributed by atoms with van der Waals surface area (Å²) >= 11 is 0. The highest BCUT2D eigenvalue weighted by Gasteiger charge is 2.41. The maximum absolute atomic E-state index is 13.8. The van der Waals surface area contributed by atoms with Crippen LogP contribution in [0.3, 0.4) is 0 Å². The molecule has 1 unspecified atom stereocenters. The van der Waals surface area contributed by atoms with Gasteiger partial charge in [-0.2, -0.15) is 0 Å². The number of para-hydroxylation sites is 2. The minimum Gasteiger partial charge on any atom is -0.457 e. The van der Waals surface area contributed by atoms with Crippen molar-refractivity contribution in [2.45, 2.75) is 44.4 Å². The molecule has 0 radical (unpaired) electrons. The van der Waals surface area contributed by atoms with Crippen LogP contribution in [0.15, 0.2) is 85.1 Å². The minimum absolute atomic E-state index is 0.102. The number of ether oxygens (including phenoxy) is 3. The van der Waals surface area contributed by atoms with E-state index in [2.05, 4.69) is 54.1 Å². The third-order valence-electron chi connectivity index (χ3n) is 7.85. The number of amides is 1. The number of aryl methyl sites for hydroxylation is 1. The second-order valence-electron chi connectivity index (χ2n) is 10.1. The molecule has 196 valence electrons. The van der Waals surface area contributed by atoms with Crippen LogP contribution in [0.5, 0.6) is 11.5 Å². The number of fused-ring (bicyclic) bond motifs is 1. The number of hydrogen-bond donors (Lipinski definition) is 0. The Bertz CT molecular complexity index is 1400. The Hall–Kier alpha value is -3.61. The zero-order chi connectivity index (χ0) is 26.0. The molecular weight excluding hydrogens is 476 g/mol. The van der Waals surface area contributed by atoms with Crippen LogP contribution in [0.4, 0.5) is 0 Å². The van der Waals surface area contributed by atoms with E-state index in [9.17, 15) is 4.79 Å². The van der Waals surface area contributed by atoms with Gasteiger partial charge in [0.25, 0.3) is 0 Å². The molecule has 0 saturated carbocycles. The monoisotopic (exact) mass is 510 g/mol. The zero-order valence-corrected chi connectivity index (χ0v) is 21.8. The van der Waals surface area contributed by atoms with Gasteiger partial charge in [-0.25, -0.2) is 0 Å². The van der Waals surface area contributed by atoms with Gasteiger partial charge in [-0.15, -0.1) is 0 Å². The second kappa shape index (κ2) is 10.6. The quantitative estimate of drug-likeness (QED) is 0.291. The van der Waals surface area contributed by atoms with E-state index in [0.717, 1.165) is 36.4 Å². The van der Waals surface area contributed by atoms with Gasteiger partial charge in [0, 0.05) is 61.9 Å². The van der Waals surface area contributed by atoms with Crippen LogP contribution in [0.1, 0.15) is 43.2 Å². The number of benzene rings is 3. The molecule has 2 fully saturated rings. The number of piperidine rings is 1. The van der Waals surface area contributed by atoms with Crippen molar-refractivity contribution in [2.75, 3.05) is 26.3 Å². The SMILES string of the molecule is CCn1cc(C(CC(=O)N2CCC3(CC2)OCCO3)c2cccc(Oc3ccccc3)c2)c2ccccc21. The summed E-state index contributed by atoms with van der Waals surface area (Å²) in [7, 11) is 0. The lowest BCUT2D eigenvalue weighted by molar-refractivity contribution is -0.187. The van der Waals surface area contributed by atoms with Gasteiger partial charge in [0.15, 0.2) is 5.79 Å². The van der Waals surface area contributed by atoms with Gasteiger partial charge in [-0.1, -0.05) is 48.5 Å². The van der Waals surface area contributed by atoms with Crippen LogP contribution in [-0.2, 0) is 20.8 Å². The molecule has 6 nitrogen and oxygen atoms in total. The Morgan fingerprint density at radius 2 is 1.63 bits per heavy atom. The molecule has 3 heterocycles. The van der Waals surface area contributed by atoms with Crippen LogP contribution >= 0.6 is 0 Å². The van der Waals surface area contributed by atoms with Gasteiger partial charge in [0.1, 0.15) is 11.5 Å². The fourth-order valence-corrected chi connectivity index (χ4v) is 5.83. The number of rotatable bonds is 7. The minimum atomic E-state index is -0.492. The smallest absolute Gasteiger partial charge is 0.223 e. The van der Waals surface area contributed by atoms with Crippen LogP contribution < -0.4 is 4.74 Å². The van der Waals surface area contributed by atoms with Crippen molar-refractivity contribution in [2.24, 2.45) is 0 Å². The molecule has 0 N–H and O–H groups in total. The van der Waals surface area contributed by atoms with E-state index in [1.165, 1.54) is 16.5 Å². The third kappa shape index (κ3) is 4.94. The predicted octanol–water partition coefficient (Wildman–Crippen LogP) is 6.34. The fourth-order valence-electron chi connectivity index (χ4n) is 5.83. The molecule has 2 aliphatic heterocycles. The molecule has 1 amide bonds. The molecule has 6 rings (SSSR count). The Kier molecular flexibility index (Phi) is 6.92. The van der Waals surface area contributed by atoms with Crippen molar-refractivity contribution >= 4 is 16.8 Å². The summed E-state index contributed by atoms with van der Waals surface area (Å²) in [5, 5.41) is 1.19. The van der Waals surface area contributed by atoms with E-state index >= 15 is 0 Å². The van der Waals surface area contributed by atoms with E-state index in [1.807, 2.05) is 47.4 Å². The first-order valence-corrected chi connectivity index (χ1v) is 13.6. The molecule has 0 bridgehead atoms. The first-order valence-electron chi connectivity index (χ1n) is 13.6. The van der Waals surface area contributed by atoms with Gasteiger partial charge < -0.3 is 23.7 Å². The first-order chi connectivity index (χ1) is 18.6. The zero-order valence-electron chi connectivity index (χ0n) is 21.8. The Morgan fingerprint density at radius 3 is 2.39 bits per heavy atom. The van der Waals surface area contributed by atoms with Gasteiger partial charge in [0.2, 0.25) is 5.91 Å². The topological polar surface area (TPSA) is 52.9 Å². The number of nitrogens with zero attached hydrogens (tertiary/aromatic N) is 2. The summed E-state index contributed by atoms with van der Waals surface area (Å²) < 4.78 is 20.2. The highest BCUT2D eigenvalue weighted by molar-refractivity contribution is 5.86. The van der Waals surface area contributed by atoms with E-state index < -0.39 is 5.79 Å². The van der Waals surface area contributed by atoms with Crippen LogP contribution in [0.25, 0.3) is 10.9 Å². The van der Waals surface area contributed by atoms with Crippen molar-refractivity contribution in [1.82, 2.24) is 9.47 Å². The number of carbonyl (C=O) groups excluding carboxylic acids is 1. The summed E-state index contributed by atoms with van der Waals surface area (Å²) in [6.45, 7) is 5.60. The largest absolute Gasteiger partial charge is 0.457 e. The predicted molar refractivity (Wildman–Crippen MR) is 147 cm³/mol. The number of carbonyl (C=O) groups is 1. The molecule has 38 heavy (non-hydrogen) atoms. The normalized spacial score (nSPS) is 17.7. The number of likely N-dealkylation sites (tertiary alicyclic amines) is 1. The first kappa shape index (κ1) is 24.7. The van der Waals surface area contributed by atoms with Crippen molar-refractivity contribution in [3.05, 3.63) is 96.2 Å². The Morgan fingerprint density at radius 1 is 0.921 bits per heavy atom. The summed E-state index contributed by atoms with van der Waals surface area (Å²) in [4.78, 5) is 15.7. The highest BCUT2D eigenvalue weighted by Crippen LogP contribution is 2.38. The van der Waals surface area contributed by atoms with E-state index in [1.54, 1.807) is 0 Å². The lowest BCUT2D eigenvalue weighted by Gasteiger charge is -2.38. The molecule has 1 spiro atoms. The van der Waals surface area contributed by atoms with Gasteiger partial charge in [0.05, 0.1) is 13.2 Å². The standard InChI is InChI=1S/C32H34N2O4/c1-2-33-23-29(27-13-6-7-14-30(27)33)28(22-31(35)34-17-15-32(16-18-34)36-19-20-37-32)24-9-8-12-26(21-24)38-25-10-4-3-5-11-25/h3-14,21,23,28H,2,15-20,22H2,1H3. The Labute approximate surface area is 223 Å². The van der Waals surface area contributed by atoms with E-state index in [0.29, 0.717) is 32.7 Å². The molecule has 1 atom stereocenters. The number of hydrogen-bond acceptors (Lipinski definition) is 4. The molecule has 1 aromatic heterocycles. The van der Waals surface area contributed by atoms with Crippen molar-refractivity contribution < 1.29 is 19.0 Å². The molecular formula is C32H34N2O4. The van der Waals surface area contributed by atoms with Gasteiger partial charge >= 0.3 is 0 Å². The van der Waals surface area contributed by atoms with Crippen molar-refractivity contribution in [1.29, 1.82) is 0 Å². The van der Waals surface area contributed by atoms with Crippen LogP contribution in [0.2, 0.25) is 0 Å². The summed E-state index contributed by atoms with van der Waals surface area (Å²) in [6, 6.07) is 26.4. The molecule has 4 aromatic rings. The fraction of sp³-hybridized carbons (Fsp3) is 0.344. The summed E-state index contributed by atoms with van der Waals surface area (Å²) in [5.41, 5.74) is 3.43. The van der Waals surface area contributed by atoms with Crippen LogP contribution in [0, 0.1) is 0 Å². The number of aromatic nitrogens is 1.